The summed E-state index contributed by atoms with van der Waals surface area (Å²) in [5.41, 5.74) is 6.58. The zero-order valence-electron chi connectivity index (χ0n) is 8.83. The van der Waals surface area contributed by atoms with Gasteiger partial charge in [0, 0.05) is 16.1 Å². The number of carbonyl (C=O) groups is 1. The number of nitrogen functional groups attached to an aromatic ring is 1. The van der Waals surface area contributed by atoms with Gasteiger partial charge in [0.15, 0.2) is 0 Å². The molecular formula is C11H8BrFN2O2. The van der Waals surface area contributed by atoms with E-state index in [0.717, 1.165) is 0 Å². The molecule has 0 atom stereocenters. The third-order valence-corrected chi connectivity index (χ3v) is 2.94. The number of hydrogen-bond donors (Lipinski definition) is 1. The van der Waals surface area contributed by atoms with Gasteiger partial charge in [-0.1, -0.05) is 0 Å². The Labute approximate surface area is 105 Å². The minimum Gasteiger partial charge on any atom is -0.465 e. The minimum absolute atomic E-state index is 0.123. The van der Waals surface area contributed by atoms with Crippen LogP contribution < -0.4 is 5.73 Å². The SMILES string of the molecule is COC(=O)c1cnc2c(Br)cc(F)cc2c1N. The first-order valence-electron chi connectivity index (χ1n) is 4.66. The summed E-state index contributed by atoms with van der Waals surface area (Å²) in [6, 6.07) is 2.52. The molecule has 0 aliphatic heterocycles. The molecule has 2 aromatic rings. The highest BCUT2D eigenvalue weighted by Crippen LogP contribution is 2.29. The lowest BCUT2D eigenvalue weighted by Crippen LogP contribution is -2.07. The number of fused-ring (bicyclic) bond motifs is 1. The van der Waals surface area contributed by atoms with E-state index in [1.807, 2.05) is 0 Å². The van der Waals surface area contributed by atoms with Gasteiger partial charge in [0.25, 0.3) is 0 Å². The third-order valence-electron chi connectivity index (χ3n) is 2.34. The van der Waals surface area contributed by atoms with E-state index in [2.05, 4.69) is 25.7 Å². The number of rotatable bonds is 1. The van der Waals surface area contributed by atoms with Crippen molar-refractivity contribution in [1.82, 2.24) is 4.98 Å². The number of aromatic nitrogens is 1. The second kappa shape index (κ2) is 4.29. The number of nitrogens with two attached hydrogens (primary N) is 1. The highest BCUT2D eigenvalue weighted by atomic mass is 79.9. The molecule has 0 bridgehead atoms. The van der Waals surface area contributed by atoms with Gasteiger partial charge in [-0.15, -0.1) is 0 Å². The van der Waals surface area contributed by atoms with Crippen molar-refractivity contribution in [2.24, 2.45) is 0 Å². The Kier molecular flexibility index (Phi) is 2.97. The van der Waals surface area contributed by atoms with E-state index < -0.39 is 11.8 Å². The summed E-state index contributed by atoms with van der Waals surface area (Å²) in [5, 5.41) is 0.375. The van der Waals surface area contributed by atoms with Crippen molar-refractivity contribution in [3.8, 4) is 0 Å². The molecule has 0 aliphatic carbocycles. The first-order chi connectivity index (χ1) is 8.04. The maximum absolute atomic E-state index is 13.3. The van der Waals surface area contributed by atoms with Gasteiger partial charge in [0.1, 0.15) is 11.4 Å². The fourth-order valence-electron chi connectivity index (χ4n) is 1.52. The lowest BCUT2D eigenvalue weighted by atomic mass is 10.1. The number of ether oxygens (including phenoxy) is 1. The maximum atomic E-state index is 13.3. The van der Waals surface area contributed by atoms with E-state index in [1.165, 1.54) is 25.4 Å². The monoisotopic (exact) mass is 298 g/mol. The van der Waals surface area contributed by atoms with Crippen molar-refractivity contribution in [2.75, 3.05) is 12.8 Å². The lowest BCUT2D eigenvalue weighted by molar-refractivity contribution is 0.0601. The molecule has 1 aromatic heterocycles. The van der Waals surface area contributed by atoms with Gasteiger partial charge in [-0.05, 0) is 28.1 Å². The predicted molar refractivity (Wildman–Crippen MR) is 65.2 cm³/mol. The summed E-state index contributed by atoms with van der Waals surface area (Å²) in [7, 11) is 1.24. The van der Waals surface area contributed by atoms with Crippen LogP contribution in [0.2, 0.25) is 0 Å². The molecule has 0 spiro atoms. The Morgan fingerprint density at radius 2 is 2.24 bits per heavy atom. The number of methoxy groups -OCH3 is 1. The van der Waals surface area contributed by atoms with Crippen molar-refractivity contribution in [2.45, 2.75) is 0 Å². The summed E-state index contributed by atoms with van der Waals surface area (Å²) >= 11 is 3.19. The Balaban J connectivity index is 2.79. The summed E-state index contributed by atoms with van der Waals surface area (Å²) < 4.78 is 18.3. The predicted octanol–water partition coefficient (Wildman–Crippen LogP) is 2.51. The van der Waals surface area contributed by atoms with E-state index in [4.69, 9.17) is 5.73 Å². The molecule has 1 aromatic carbocycles. The number of pyridine rings is 1. The number of anilines is 1. The standard InChI is InChI=1S/C11H8BrFN2O2/c1-17-11(16)7-4-15-10-6(9(7)14)2-5(13)3-8(10)12/h2-4H,1H3,(H2,14,15). The molecule has 6 heteroatoms. The Morgan fingerprint density at radius 3 is 2.88 bits per heavy atom. The number of halogens is 2. The summed E-state index contributed by atoms with van der Waals surface area (Å²) in [4.78, 5) is 15.5. The summed E-state index contributed by atoms with van der Waals surface area (Å²) in [6.07, 6.45) is 1.31. The molecule has 2 rings (SSSR count). The average Bonchev–Trinajstić information content (AvgIpc) is 2.29. The molecule has 2 N–H and O–H groups in total. The molecule has 0 aliphatic rings. The zero-order valence-corrected chi connectivity index (χ0v) is 10.4. The van der Waals surface area contributed by atoms with Gasteiger partial charge < -0.3 is 10.5 Å². The number of nitrogens with zero attached hydrogens (tertiary/aromatic N) is 1. The molecule has 4 nitrogen and oxygen atoms in total. The summed E-state index contributed by atoms with van der Waals surface area (Å²) in [6.45, 7) is 0. The second-order valence-corrected chi connectivity index (χ2v) is 4.22. The van der Waals surface area contributed by atoms with Gasteiger partial charge in [-0.25, -0.2) is 9.18 Å². The fourth-order valence-corrected chi connectivity index (χ4v) is 2.05. The van der Waals surface area contributed by atoms with E-state index in [-0.39, 0.29) is 11.3 Å². The van der Waals surface area contributed by atoms with Crippen molar-refractivity contribution in [3.63, 3.8) is 0 Å². The van der Waals surface area contributed by atoms with Crippen molar-refractivity contribution in [1.29, 1.82) is 0 Å². The molecule has 0 saturated heterocycles. The van der Waals surface area contributed by atoms with Crippen LogP contribution in [0.4, 0.5) is 10.1 Å². The largest absolute Gasteiger partial charge is 0.465 e. The minimum atomic E-state index is -0.600. The highest BCUT2D eigenvalue weighted by Gasteiger charge is 2.15. The quantitative estimate of drug-likeness (QED) is 0.822. The van der Waals surface area contributed by atoms with Crippen LogP contribution in [0.15, 0.2) is 22.8 Å². The van der Waals surface area contributed by atoms with Gasteiger partial charge >= 0.3 is 5.97 Å². The molecule has 17 heavy (non-hydrogen) atoms. The van der Waals surface area contributed by atoms with Crippen LogP contribution in [-0.2, 0) is 4.74 Å². The lowest BCUT2D eigenvalue weighted by Gasteiger charge is -2.08. The van der Waals surface area contributed by atoms with E-state index in [1.54, 1.807) is 0 Å². The Hall–Kier alpha value is -1.69. The van der Waals surface area contributed by atoms with Crippen LogP contribution in [0.25, 0.3) is 10.9 Å². The fraction of sp³-hybridized carbons (Fsp3) is 0.0909. The maximum Gasteiger partial charge on any atom is 0.341 e. The normalized spacial score (nSPS) is 10.5. The van der Waals surface area contributed by atoms with Crippen LogP contribution in [0.5, 0.6) is 0 Å². The van der Waals surface area contributed by atoms with E-state index in [0.29, 0.717) is 15.4 Å². The molecule has 0 amide bonds. The number of hydrogen-bond acceptors (Lipinski definition) is 4. The smallest absolute Gasteiger partial charge is 0.341 e. The molecule has 1 heterocycles. The first kappa shape index (κ1) is 11.8. The van der Waals surface area contributed by atoms with Gasteiger partial charge in [-0.3, -0.25) is 4.98 Å². The molecule has 0 radical (unpaired) electrons. The van der Waals surface area contributed by atoms with Crippen LogP contribution in [0, 0.1) is 5.82 Å². The number of benzene rings is 1. The topological polar surface area (TPSA) is 65.2 Å². The molecule has 0 unspecified atom stereocenters. The van der Waals surface area contributed by atoms with E-state index in [9.17, 15) is 9.18 Å². The Morgan fingerprint density at radius 1 is 1.53 bits per heavy atom. The van der Waals surface area contributed by atoms with Crippen molar-refractivity contribution in [3.05, 3.63) is 34.2 Å². The Bertz CT molecular complexity index is 616. The van der Waals surface area contributed by atoms with Crippen LogP contribution in [-0.4, -0.2) is 18.1 Å². The van der Waals surface area contributed by atoms with Crippen molar-refractivity contribution >= 4 is 38.5 Å². The van der Waals surface area contributed by atoms with Crippen molar-refractivity contribution < 1.29 is 13.9 Å². The second-order valence-electron chi connectivity index (χ2n) is 3.36. The van der Waals surface area contributed by atoms with Gasteiger partial charge in [0.2, 0.25) is 0 Å². The molecule has 0 fully saturated rings. The summed E-state index contributed by atoms with van der Waals surface area (Å²) in [5.74, 6) is -1.06. The van der Waals surface area contributed by atoms with Gasteiger partial charge in [-0.2, -0.15) is 0 Å². The zero-order chi connectivity index (χ0) is 12.6. The average molecular weight is 299 g/mol. The molecule has 88 valence electrons. The highest BCUT2D eigenvalue weighted by molar-refractivity contribution is 9.10. The van der Waals surface area contributed by atoms with Crippen LogP contribution >= 0.6 is 15.9 Å². The number of esters is 1. The molecule has 0 saturated carbocycles. The first-order valence-corrected chi connectivity index (χ1v) is 5.45. The third kappa shape index (κ3) is 1.95. The van der Waals surface area contributed by atoms with Crippen LogP contribution in [0.1, 0.15) is 10.4 Å². The van der Waals surface area contributed by atoms with Gasteiger partial charge in [0.05, 0.1) is 18.3 Å². The van der Waals surface area contributed by atoms with Crippen LogP contribution in [0.3, 0.4) is 0 Å². The molecular weight excluding hydrogens is 291 g/mol. The van der Waals surface area contributed by atoms with E-state index >= 15 is 0 Å². The number of carbonyl (C=O) groups excluding carboxylic acids is 1.